The topological polar surface area (TPSA) is 110 Å². The molecule has 14 heteroatoms. The van der Waals surface area contributed by atoms with E-state index in [0.717, 1.165) is 19.1 Å². The van der Waals surface area contributed by atoms with Crippen LogP contribution in [0.4, 0.5) is 31.1 Å². The van der Waals surface area contributed by atoms with E-state index in [0.29, 0.717) is 0 Å². The Bertz CT molecular complexity index is 1330. The maximum absolute atomic E-state index is 14.9. The predicted molar refractivity (Wildman–Crippen MR) is 112 cm³/mol. The lowest BCUT2D eigenvalue weighted by molar-refractivity contribution is -0.164. The molecule has 0 bridgehead atoms. The summed E-state index contributed by atoms with van der Waals surface area (Å²) in [6, 6.07) is 5.36. The first-order valence-corrected chi connectivity index (χ1v) is 10.2. The number of hydrogen-bond acceptors (Lipinski definition) is 6. The number of halogens is 6. The van der Waals surface area contributed by atoms with E-state index in [1.54, 1.807) is 5.32 Å². The SMILES string of the molecule is C[C@@]1(c2cc(-c3cc(-c4cccc(C(F)F)n4)no3)ccc2F)C[C@@H](C(F)(F)F)N=C(NC(=O)O)O1. The van der Waals surface area contributed by atoms with Gasteiger partial charge in [0.1, 0.15) is 22.8 Å². The highest BCUT2D eigenvalue weighted by Crippen LogP contribution is 2.42. The molecule has 3 aromatic rings. The number of ether oxygens (including phenoxy) is 1. The molecular weight excluding hydrogens is 498 g/mol. The third kappa shape index (κ3) is 5.11. The van der Waals surface area contributed by atoms with Gasteiger partial charge in [-0.3, -0.25) is 0 Å². The quantitative estimate of drug-likeness (QED) is 0.434. The van der Waals surface area contributed by atoms with Crippen LogP contribution in [0.2, 0.25) is 0 Å². The number of pyridine rings is 1. The Morgan fingerprint density at radius 1 is 1.19 bits per heavy atom. The molecule has 3 heterocycles. The van der Waals surface area contributed by atoms with E-state index in [4.69, 9.17) is 14.4 Å². The summed E-state index contributed by atoms with van der Waals surface area (Å²) in [4.78, 5) is 18.0. The highest BCUT2D eigenvalue weighted by molar-refractivity contribution is 5.90. The maximum Gasteiger partial charge on any atom is 0.412 e. The Labute approximate surface area is 198 Å². The Morgan fingerprint density at radius 3 is 2.61 bits per heavy atom. The Morgan fingerprint density at radius 2 is 1.94 bits per heavy atom. The number of hydrogen-bond donors (Lipinski definition) is 2. The van der Waals surface area contributed by atoms with Gasteiger partial charge in [0.25, 0.3) is 12.4 Å². The van der Waals surface area contributed by atoms with Gasteiger partial charge in [0.15, 0.2) is 11.8 Å². The van der Waals surface area contributed by atoms with Crippen LogP contribution in [-0.2, 0) is 10.3 Å². The first kappa shape index (κ1) is 25.0. The normalized spacial score (nSPS) is 20.1. The van der Waals surface area contributed by atoms with Gasteiger partial charge < -0.3 is 14.4 Å². The van der Waals surface area contributed by atoms with E-state index >= 15 is 0 Å². The van der Waals surface area contributed by atoms with Crippen molar-refractivity contribution in [3.8, 4) is 22.7 Å². The molecule has 4 rings (SSSR count). The van der Waals surface area contributed by atoms with Crippen molar-refractivity contribution in [1.29, 1.82) is 0 Å². The first-order valence-electron chi connectivity index (χ1n) is 10.2. The average molecular weight is 514 g/mol. The number of alkyl halides is 5. The maximum atomic E-state index is 14.9. The molecule has 190 valence electrons. The number of carboxylic acid groups (broad SMARTS) is 1. The van der Waals surface area contributed by atoms with Crippen LogP contribution in [0.3, 0.4) is 0 Å². The Balaban J connectivity index is 1.70. The summed E-state index contributed by atoms with van der Waals surface area (Å²) < 4.78 is 91.8. The molecule has 36 heavy (non-hydrogen) atoms. The minimum absolute atomic E-state index is 0.0415. The number of nitrogens with zero attached hydrogens (tertiary/aromatic N) is 3. The number of amides is 1. The zero-order valence-electron chi connectivity index (χ0n) is 18.2. The molecule has 2 atom stereocenters. The van der Waals surface area contributed by atoms with Crippen LogP contribution in [0.1, 0.15) is 31.0 Å². The molecule has 0 radical (unpaired) electrons. The first-order chi connectivity index (χ1) is 16.9. The molecule has 0 saturated carbocycles. The summed E-state index contributed by atoms with van der Waals surface area (Å²) in [5.41, 5.74) is -2.42. The van der Waals surface area contributed by atoms with Gasteiger partial charge in [-0.2, -0.15) is 13.2 Å². The van der Waals surface area contributed by atoms with E-state index in [1.165, 1.54) is 30.3 Å². The molecule has 0 spiro atoms. The van der Waals surface area contributed by atoms with Gasteiger partial charge in [-0.1, -0.05) is 11.2 Å². The van der Waals surface area contributed by atoms with Crippen LogP contribution < -0.4 is 5.32 Å². The second-order valence-electron chi connectivity index (χ2n) is 7.98. The molecule has 1 aromatic carbocycles. The van der Waals surface area contributed by atoms with Crippen molar-refractivity contribution in [3.05, 3.63) is 59.5 Å². The number of rotatable bonds is 4. The molecule has 2 aromatic heterocycles. The Kier molecular flexibility index (Phi) is 6.37. The third-order valence-corrected chi connectivity index (χ3v) is 5.36. The summed E-state index contributed by atoms with van der Waals surface area (Å²) in [5, 5.41) is 14.3. The monoisotopic (exact) mass is 514 g/mol. The van der Waals surface area contributed by atoms with Crippen molar-refractivity contribution in [2.45, 2.75) is 37.6 Å². The van der Waals surface area contributed by atoms with Gasteiger partial charge in [-0.25, -0.2) is 33.3 Å². The van der Waals surface area contributed by atoms with Gasteiger partial charge in [-0.15, -0.1) is 0 Å². The molecule has 2 N–H and O–H groups in total. The molecule has 1 aliphatic heterocycles. The number of nitrogens with one attached hydrogen (secondary N) is 1. The van der Waals surface area contributed by atoms with Crippen LogP contribution in [-0.4, -0.2) is 39.6 Å². The molecule has 1 aliphatic rings. The van der Waals surface area contributed by atoms with E-state index in [1.807, 2.05) is 0 Å². The largest absolute Gasteiger partial charge is 0.465 e. The van der Waals surface area contributed by atoms with Gasteiger partial charge >= 0.3 is 12.3 Å². The van der Waals surface area contributed by atoms with Crippen molar-refractivity contribution >= 4 is 12.1 Å². The van der Waals surface area contributed by atoms with E-state index in [2.05, 4.69) is 15.1 Å². The zero-order chi connectivity index (χ0) is 26.3. The van der Waals surface area contributed by atoms with Crippen LogP contribution in [0.5, 0.6) is 0 Å². The molecule has 1 amide bonds. The molecule has 8 nitrogen and oxygen atoms in total. The van der Waals surface area contributed by atoms with Crippen molar-refractivity contribution in [2.24, 2.45) is 4.99 Å². The molecule has 0 saturated heterocycles. The van der Waals surface area contributed by atoms with Crippen LogP contribution in [0.25, 0.3) is 22.7 Å². The van der Waals surface area contributed by atoms with Crippen molar-refractivity contribution in [2.75, 3.05) is 0 Å². The predicted octanol–water partition coefficient (Wildman–Crippen LogP) is 5.67. The molecular formula is C22H16F6N4O4. The number of benzene rings is 1. The van der Waals surface area contributed by atoms with Crippen molar-refractivity contribution in [1.82, 2.24) is 15.5 Å². The lowest BCUT2D eigenvalue weighted by atomic mass is 9.86. The minimum atomic E-state index is -4.86. The van der Waals surface area contributed by atoms with Gasteiger partial charge in [-0.05, 0) is 37.3 Å². The van der Waals surface area contributed by atoms with E-state index < -0.39 is 54.3 Å². The average Bonchev–Trinajstić information content (AvgIpc) is 3.28. The van der Waals surface area contributed by atoms with Crippen LogP contribution in [0, 0.1) is 5.82 Å². The van der Waals surface area contributed by atoms with Crippen molar-refractivity contribution < 1.29 is 45.5 Å². The fourth-order valence-corrected chi connectivity index (χ4v) is 3.67. The summed E-state index contributed by atoms with van der Waals surface area (Å²) in [6.07, 6.45) is -10.2. The number of carbonyl (C=O) groups is 1. The Hall–Kier alpha value is -4.10. The summed E-state index contributed by atoms with van der Waals surface area (Å²) >= 11 is 0. The minimum Gasteiger partial charge on any atom is -0.465 e. The summed E-state index contributed by atoms with van der Waals surface area (Å²) in [7, 11) is 0. The standard InChI is InChI=1S/C22H16F6N4O4/c1-21(9-17(22(26,27)28)30-19(35-21)31-20(33)34)11-7-10(5-6-12(11)23)16-8-15(32-36-16)13-3-2-4-14(29-13)18(24)25/h2-8,17-18H,9H2,1H3,(H,30,31)(H,33,34)/t17-,21-/m0/s1. The lowest BCUT2D eigenvalue weighted by Crippen LogP contribution is -2.48. The lowest BCUT2D eigenvalue weighted by Gasteiger charge is -2.38. The van der Waals surface area contributed by atoms with Crippen LogP contribution in [0.15, 0.2) is 52.0 Å². The summed E-state index contributed by atoms with van der Waals surface area (Å²) in [6.45, 7) is 1.16. The molecule has 0 aliphatic carbocycles. The third-order valence-electron chi connectivity index (χ3n) is 5.36. The van der Waals surface area contributed by atoms with Gasteiger partial charge in [0.2, 0.25) is 0 Å². The fraction of sp³-hybridized carbons (Fsp3) is 0.273. The van der Waals surface area contributed by atoms with E-state index in [9.17, 15) is 31.1 Å². The molecule has 0 fully saturated rings. The fourth-order valence-electron chi connectivity index (χ4n) is 3.67. The van der Waals surface area contributed by atoms with Gasteiger partial charge in [0, 0.05) is 23.6 Å². The van der Waals surface area contributed by atoms with Crippen molar-refractivity contribution in [3.63, 3.8) is 0 Å². The van der Waals surface area contributed by atoms with Gasteiger partial charge in [0.05, 0.1) is 5.69 Å². The van der Waals surface area contributed by atoms with Crippen LogP contribution >= 0.6 is 0 Å². The highest BCUT2D eigenvalue weighted by atomic mass is 19.4. The second kappa shape index (κ2) is 9.17. The number of amidine groups is 1. The summed E-state index contributed by atoms with van der Waals surface area (Å²) in [5.74, 6) is -0.885. The smallest absolute Gasteiger partial charge is 0.412 e. The molecule has 0 unspecified atom stereocenters. The zero-order valence-corrected chi connectivity index (χ0v) is 18.2. The number of aromatic nitrogens is 2. The van der Waals surface area contributed by atoms with E-state index in [-0.39, 0.29) is 28.3 Å². The number of aliphatic imine (C=N–C) groups is 1. The second-order valence-corrected chi connectivity index (χ2v) is 7.98. The highest BCUT2D eigenvalue weighted by Gasteiger charge is 2.50.